The molecule has 1 N–H and O–H groups in total. The van der Waals surface area contributed by atoms with E-state index < -0.39 is 15.7 Å². The van der Waals surface area contributed by atoms with Crippen molar-refractivity contribution in [3.8, 4) is 0 Å². The molecule has 0 heterocycles. The van der Waals surface area contributed by atoms with Crippen molar-refractivity contribution in [1.82, 2.24) is 0 Å². The molecule has 0 atom stereocenters. The zero-order valence-electron chi connectivity index (χ0n) is 11.8. The second-order valence-electron chi connectivity index (χ2n) is 6.24. The van der Waals surface area contributed by atoms with Gasteiger partial charge in [-0.25, -0.2) is 4.79 Å². The fourth-order valence-electron chi connectivity index (χ4n) is 1.49. The number of carbonyl (C=O) groups is 1. The molecule has 100 valence electrons. The summed E-state index contributed by atoms with van der Waals surface area (Å²) in [4.78, 5) is 10.8. The largest absolute Gasteiger partial charge is 0.478 e. The molecule has 0 unspecified atom stereocenters. The van der Waals surface area contributed by atoms with Crippen LogP contribution in [-0.2, 0) is 10.0 Å². The Labute approximate surface area is 111 Å². The molecular formula is C14H22O3Si. The van der Waals surface area contributed by atoms with Gasteiger partial charge >= 0.3 is 5.97 Å². The van der Waals surface area contributed by atoms with Crippen LogP contribution in [0.1, 0.15) is 50.5 Å². The second-order valence-corrected chi connectivity index (χ2v) is 8.94. The van der Waals surface area contributed by atoms with E-state index in [0.717, 1.165) is 5.56 Å². The number of aromatic carboxylic acids is 1. The molecule has 0 fully saturated rings. The molecule has 0 radical (unpaired) electrons. The number of hydrogen-bond acceptors (Lipinski definition) is 2. The second kappa shape index (κ2) is 5.24. The number of carboxylic acid groups (broad SMARTS) is 1. The Kier molecular flexibility index (Phi) is 4.35. The number of carboxylic acids is 1. The van der Waals surface area contributed by atoms with Gasteiger partial charge in [0.2, 0.25) is 0 Å². The molecule has 0 spiro atoms. The molecule has 0 aliphatic rings. The number of benzene rings is 1. The van der Waals surface area contributed by atoms with Gasteiger partial charge in [0.1, 0.15) is 0 Å². The zero-order chi connectivity index (χ0) is 14.0. The first-order chi connectivity index (χ1) is 8.12. The lowest BCUT2D eigenvalue weighted by molar-refractivity contribution is 0.0696. The van der Waals surface area contributed by atoms with Crippen LogP contribution in [0.2, 0.25) is 5.04 Å². The quantitative estimate of drug-likeness (QED) is 0.852. The van der Waals surface area contributed by atoms with E-state index in [1.165, 1.54) is 0 Å². The Hall–Kier alpha value is -1.13. The van der Waals surface area contributed by atoms with Gasteiger partial charge in [-0.1, -0.05) is 32.9 Å². The molecule has 0 aromatic heterocycles. The van der Waals surface area contributed by atoms with E-state index in [1.807, 2.05) is 26.0 Å². The molecule has 0 saturated heterocycles. The predicted octanol–water partition coefficient (Wildman–Crippen LogP) is 2.94. The minimum absolute atomic E-state index is 0.248. The molecule has 18 heavy (non-hydrogen) atoms. The van der Waals surface area contributed by atoms with Crippen molar-refractivity contribution in [1.29, 1.82) is 0 Å². The smallest absolute Gasteiger partial charge is 0.335 e. The van der Waals surface area contributed by atoms with Gasteiger partial charge in [-0.3, -0.25) is 0 Å². The topological polar surface area (TPSA) is 46.5 Å². The van der Waals surface area contributed by atoms with E-state index in [0.29, 0.717) is 5.56 Å². The standard InChI is InChI=1S/C14H22O3Si/c1-13(2,3)18-17-14(4,5)11-8-6-10(7-9-11)12(15)16/h6-9H,18H2,1-5H3,(H,15,16). The van der Waals surface area contributed by atoms with Crippen LogP contribution in [0, 0.1) is 0 Å². The molecule has 4 heteroatoms. The van der Waals surface area contributed by atoms with Crippen molar-refractivity contribution in [2.24, 2.45) is 0 Å². The zero-order valence-corrected chi connectivity index (χ0v) is 13.2. The highest BCUT2D eigenvalue weighted by molar-refractivity contribution is 6.31. The summed E-state index contributed by atoms with van der Waals surface area (Å²) < 4.78 is 6.07. The van der Waals surface area contributed by atoms with Crippen molar-refractivity contribution >= 4 is 15.7 Å². The van der Waals surface area contributed by atoms with E-state index in [-0.39, 0.29) is 10.6 Å². The minimum Gasteiger partial charge on any atom is -0.478 e. The lowest BCUT2D eigenvalue weighted by Gasteiger charge is -2.30. The fourth-order valence-corrected chi connectivity index (χ4v) is 2.45. The van der Waals surface area contributed by atoms with E-state index in [4.69, 9.17) is 9.53 Å². The Morgan fingerprint density at radius 2 is 1.61 bits per heavy atom. The molecule has 0 saturated carbocycles. The van der Waals surface area contributed by atoms with E-state index in [2.05, 4.69) is 20.8 Å². The first-order valence-electron chi connectivity index (χ1n) is 6.10. The van der Waals surface area contributed by atoms with Gasteiger partial charge in [-0.2, -0.15) is 0 Å². The third kappa shape index (κ3) is 4.27. The van der Waals surface area contributed by atoms with Crippen LogP contribution in [0.5, 0.6) is 0 Å². The van der Waals surface area contributed by atoms with Crippen LogP contribution in [-0.4, -0.2) is 20.8 Å². The van der Waals surface area contributed by atoms with Crippen LogP contribution < -0.4 is 0 Å². The fraction of sp³-hybridized carbons (Fsp3) is 0.500. The Balaban J connectivity index is 2.81. The van der Waals surface area contributed by atoms with Crippen molar-refractivity contribution in [2.45, 2.75) is 45.3 Å². The minimum atomic E-state index is -0.899. The Morgan fingerprint density at radius 1 is 1.11 bits per heavy atom. The summed E-state index contributed by atoms with van der Waals surface area (Å²) >= 11 is 0. The summed E-state index contributed by atoms with van der Waals surface area (Å²) in [6.07, 6.45) is 0. The van der Waals surface area contributed by atoms with Gasteiger partial charge in [-0.05, 0) is 36.6 Å². The van der Waals surface area contributed by atoms with Crippen molar-refractivity contribution in [3.63, 3.8) is 0 Å². The molecule has 1 aromatic rings. The highest BCUT2D eigenvalue weighted by Gasteiger charge is 2.24. The molecule has 0 bridgehead atoms. The SMILES string of the molecule is CC(C)(C)[SiH2]OC(C)(C)c1ccc(C(=O)O)cc1. The summed E-state index contributed by atoms with van der Waals surface area (Å²) in [5.74, 6) is -0.899. The third-order valence-electron chi connectivity index (χ3n) is 2.69. The van der Waals surface area contributed by atoms with Crippen LogP contribution in [0.25, 0.3) is 0 Å². The van der Waals surface area contributed by atoms with Crippen molar-refractivity contribution in [3.05, 3.63) is 35.4 Å². The molecule has 0 aliphatic carbocycles. The third-order valence-corrected chi connectivity index (χ3v) is 4.43. The van der Waals surface area contributed by atoms with Crippen molar-refractivity contribution < 1.29 is 14.3 Å². The maximum Gasteiger partial charge on any atom is 0.335 e. The molecule has 0 amide bonds. The summed E-state index contributed by atoms with van der Waals surface area (Å²) in [5, 5.41) is 9.11. The lowest BCUT2D eigenvalue weighted by Crippen LogP contribution is -2.27. The van der Waals surface area contributed by atoms with Crippen LogP contribution in [0.3, 0.4) is 0 Å². The van der Waals surface area contributed by atoms with Crippen LogP contribution in [0.4, 0.5) is 0 Å². The first-order valence-corrected chi connectivity index (χ1v) is 7.38. The highest BCUT2D eigenvalue weighted by Crippen LogP contribution is 2.29. The first kappa shape index (κ1) is 14.9. The normalized spacial score (nSPS) is 13.2. The highest BCUT2D eigenvalue weighted by atomic mass is 28.2. The van der Waals surface area contributed by atoms with E-state index in [9.17, 15) is 4.79 Å². The lowest BCUT2D eigenvalue weighted by atomic mass is 9.97. The van der Waals surface area contributed by atoms with E-state index >= 15 is 0 Å². The summed E-state index contributed by atoms with van der Waals surface area (Å²) in [6, 6.07) is 6.92. The van der Waals surface area contributed by atoms with Gasteiger partial charge in [0.05, 0.1) is 11.2 Å². The average molecular weight is 266 g/mol. The number of hydrogen-bond donors (Lipinski definition) is 1. The van der Waals surface area contributed by atoms with Crippen LogP contribution >= 0.6 is 0 Å². The van der Waals surface area contributed by atoms with E-state index in [1.54, 1.807) is 12.1 Å². The monoisotopic (exact) mass is 266 g/mol. The summed E-state index contributed by atoms with van der Waals surface area (Å²) in [7, 11) is -0.640. The summed E-state index contributed by atoms with van der Waals surface area (Å²) in [6.45, 7) is 10.6. The van der Waals surface area contributed by atoms with Gasteiger partial charge in [0.15, 0.2) is 9.76 Å². The van der Waals surface area contributed by atoms with Gasteiger partial charge in [0.25, 0.3) is 0 Å². The maximum absolute atomic E-state index is 10.8. The van der Waals surface area contributed by atoms with Crippen molar-refractivity contribution in [2.75, 3.05) is 0 Å². The van der Waals surface area contributed by atoms with Gasteiger partial charge in [0, 0.05) is 0 Å². The van der Waals surface area contributed by atoms with Gasteiger partial charge in [-0.15, -0.1) is 0 Å². The molecule has 1 aromatic carbocycles. The maximum atomic E-state index is 10.8. The van der Waals surface area contributed by atoms with Crippen LogP contribution in [0.15, 0.2) is 24.3 Å². The Morgan fingerprint density at radius 3 is 2.00 bits per heavy atom. The summed E-state index contributed by atoms with van der Waals surface area (Å²) in [5.41, 5.74) is 0.975. The number of rotatable bonds is 4. The molecular weight excluding hydrogens is 244 g/mol. The average Bonchev–Trinajstić information content (AvgIpc) is 2.26. The Bertz CT molecular complexity index is 416. The predicted molar refractivity (Wildman–Crippen MR) is 75.8 cm³/mol. The van der Waals surface area contributed by atoms with Gasteiger partial charge < -0.3 is 9.53 Å². The molecule has 3 nitrogen and oxygen atoms in total. The molecule has 1 rings (SSSR count). The molecule has 0 aliphatic heterocycles.